The average Bonchev–Trinajstić information content (AvgIpc) is 2.97. The lowest BCUT2D eigenvalue weighted by molar-refractivity contribution is -0.152. The Morgan fingerprint density at radius 3 is 2.56 bits per heavy atom. The van der Waals surface area contributed by atoms with Crippen molar-refractivity contribution in [3.63, 3.8) is 0 Å². The van der Waals surface area contributed by atoms with Crippen LogP contribution in [0.1, 0.15) is 32.1 Å². The smallest absolute Gasteiger partial charge is 0.325 e. The van der Waals surface area contributed by atoms with E-state index in [2.05, 4.69) is 10.1 Å². The third-order valence-electron chi connectivity index (χ3n) is 3.35. The molecule has 3 N–H and O–H groups in total. The second-order valence-corrected chi connectivity index (χ2v) is 4.97. The van der Waals surface area contributed by atoms with Crippen LogP contribution in [0.25, 0.3) is 0 Å². The Bertz CT molecular complexity index is 306. The summed E-state index contributed by atoms with van der Waals surface area (Å²) in [6.45, 7) is 0. The Balaban J connectivity index is 1.71. The number of carbonyl (C=O) groups is 2. The van der Waals surface area contributed by atoms with Crippen molar-refractivity contribution in [3.05, 3.63) is 0 Å². The maximum absolute atomic E-state index is 11.5. The van der Waals surface area contributed by atoms with Crippen molar-refractivity contribution in [1.82, 2.24) is 5.32 Å². The first kappa shape index (κ1) is 11.4. The van der Waals surface area contributed by atoms with Crippen LogP contribution in [0.2, 0.25) is 0 Å². The minimum Gasteiger partial charge on any atom is -0.468 e. The number of nitrogens with two attached hydrogens (primary N) is 1. The number of hydrogen-bond acceptors (Lipinski definition) is 4. The minimum atomic E-state index is -0.883. The van der Waals surface area contributed by atoms with Crippen LogP contribution in [0.3, 0.4) is 0 Å². The van der Waals surface area contributed by atoms with Crippen molar-refractivity contribution in [3.8, 4) is 0 Å². The predicted octanol–water partition coefficient (Wildman–Crippen LogP) is -0.0644. The third kappa shape index (κ3) is 2.35. The van der Waals surface area contributed by atoms with E-state index < -0.39 is 5.54 Å². The summed E-state index contributed by atoms with van der Waals surface area (Å²) in [5, 5.41) is 2.90. The molecule has 0 bridgehead atoms. The van der Waals surface area contributed by atoms with Crippen LogP contribution in [0.15, 0.2) is 0 Å². The highest BCUT2D eigenvalue weighted by molar-refractivity contribution is 5.83. The van der Waals surface area contributed by atoms with E-state index in [1.54, 1.807) is 0 Å². The normalized spacial score (nSPS) is 32.8. The fraction of sp³-hybridized carbons (Fsp3) is 0.818. The topological polar surface area (TPSA) is 81.4 Å². The first-order valence-corrected chi connectivity index (χ1v) is 5.70. The lowest BCUT2D eigenvalue weighted by Crippen LogP contribution is -2.64. The van der Waals surface area contributed by atoms with E-state index in [-0.39, 0.29) is 17.9 Å². The molecule has 16 heavy (non-hydrogen) atoms. The molecule has 0 aromatic heterocycles. The van der Waals surface area contributed by atoms with Gasteiger partial charge in [0.2, 0.25) is 5.91 Å². The summed E-state index contributed by atoms with van der Waals surface area (Å²) in [5.41, 5.74) is 4.93. The van der Waals surface area contributed by atoms with Gasteiger partial charge in [-0.25, -0.2) is 0 Å². The zero-order valence-corrected chi connectivity index (χ0v) is 9.49. The van der Waals surface area contributed by atoms with Crippen molar-refractivity contribution in [2.24, 2.45) is 11.7 Å². The van der Waals surface area contributed by atoms with Gasteiger partial charge in [0, 0.05) is 12.5 Å². The first-order valence-electron chi connectivity index (χ1n) is 5.70. The van der Waals surface area contributed by atoms with Crippen LogP contribution in [0, 0.1) is 5.92 Å². The summed E-state index contributed by atoms with van der Waals surface area (Å²) >= 11 is 0. The monoisotopic (exact) mass is 226 g/mol. The van der Waals surface area contributed by atoms with Crippen LogP contribution in [-0.2, 0) is 14.3 Å². The van der Waals surface area contributed by atoms with E-state index in [0.29, 0.717) is 25.2 Å². The molecular weight excluding hydrogens is 208 g/mol. The number of rotatable bonds is 4. The second kappa shape index (κ2) is 4.05. The summed E-state index contributed by atoms with van der Waals surface area (Å²) in [6.07, 6.45) is 3.92. The number of hydrogen-bond donors (Lipinski definition) is 2. The first-order chi connectivity index (χ1) is 7.53. The van der Waals surface area contributed by atoms with Gasteiger partial charge in [-0.3, -0.25) is 9.59 Å². The molecule has 1 amide bonds. The van der Waals surface area contributed by atoms with Gasteiger partial charge in [0.05, 0.1) is 7.11 Å². The highest BCUT2D eigenvalue weighted by Crippen LogP contribution is 2.34. The quantitative estimate of drug-likeness (QED) is 0.658. The van der Waals surface area contributed by atoms with Crippen LogP contribution >= 0.6 is 0 Å². The molecule has 2 saturated carbocycles. The van der Waals surface area contributed by atoms with Gasteiger partial charge in [0.1, 0.15) is 5.54 Å². The van der Waals surface area contributed by atoms with Crippen molar-refractivity contribution in [2.75, 3.05) is 7.11 Å². The van der Waals surface area contributed by atoms with Gasteiger partial charge in [-0.1, -0.05) is 0 Å². The highest BCUT2D eigenvalue weighted by atomic mass is 16.5. The predicted molar refractivity (Wildman–Crippen MR) is 57.4 cm³/mol. The molecule has 0 spiro atoms. The third-order valence-corrected chi connectivity index (χ3v) is 3.35. The number of methoxy groups -OCH3 is 1. The molecular formula is C11H18N2O3. The van der Waals surface area contributed by atoms with Crippen molar-refractivity contribution < 1.29 is 14.3 Å². The zero-order chi connectivity index (χ0) is 11.8. The van der Waals surface area contributed by atoms with Gasteiger partial charge >= 0.3 is 5.97 Å². The summed E-state index contributed by atoms with van der Waals surface area (Å²) in [7, 11) is 1.33. The minimum absolute atomic E-state index is 0.0374. The standard InChI is InChI=1S/C11H18N2O3/c1-16-10(15)11(12)5-8(6-11)13-9(14)4-7-2-3-7/h7-8H,2-6,12H2,1H3,(H,13,14). The molecule has 0 aromatic rings. The maximum atomic E-state index is 11.5. The highest BCUT2D eigenvalue weighted by Gasteiger charge is 2.48. The number of amides is 1. The lowest BCUT2D eigenvalue weighted by Gasteiger charge is -2.42. The molecule has 5 heteroatoms. The Morgan fingerprint density at radius 2 is 2.06 bits per heavy atom. The van der Waals surface area contributed by atoms with Crippen LogP contribution in [0.5, 0.6) is 0 Å². The SMILES string of the molecule is COC(=O)C1(N)CC(NC(=O)CC2CC2)C1. The average molecular weight is 226 g/mol. The number of carbonyl (C=O) groups excluding carboxylic acids is 2. The second-order valence-electron chi connectivity index (χ2n) is 4.97. The van der Waals surface area contributed by atoms with Gasteiger partial charge in [-0.2, -0.15) is 0 Å². The molecule has 0 heterocycles. The molecule has 0 aromatic carbocycles. The Kier molecular flexibility index (Phi) is 2.88. The van der Waals surface area contributed by atoms with Crippen LogP contribution in [-0.4, -0.2) is 30.6 Å². The fourth-order valence-corrected chi connectivity index (χ4v) is 2.16. The van der Waals surface area contributed by atoms with E-state index in [9.17, 15) is 9.59 Å². The molecule has 0 aliphatic heterocycles. The number of ether oxygens (including phenoxy) is 1. The van der Waals surface area contributed by atoms with E-state index in [1.807, 2.05) is 0 Å². The molecule has 2 aliphatic rings. The van der Waals surface area contributed by atoms with Crippen molar-refractivity contribution in [1.29, 1.82) is 0 Å². The Labute approximate surface area is 94.7 Å². The molecule has 2 fully saturated rings. The molecule has 0 saturated heterocycles. The molecule has 0 radical (unpaired) electrons. The van der Waals surface area contributed by atoms with Crippen LogP contribution < -0.4 is 11.1 Å². The van der Waals surface area contributed by atoms with Gasteiger partial charge in [-0.05, 0) is 31.6 Å². The molecule has 0 unspecified atom stereocenters. The number of esters is 1. The van der Waals surface area contributed by atoms with E-state index >= 15 is 0 Å². The fourth-order valence-electron chi connectivity index (χ4n) is 2.16. The summed E-state index contributed by atoms with van der Waals surface area (Å²) in [4.78, 5) is 22.8. The summed E-state index contributed by atoms with van der Waals surface area (Å²) in [6, 6.07) is 0.0374. The molecule has 2 aliphatic carbocycles. The van der Waals surface area contributed by atoms with Gasteiger partial charge in [-0.15, -0.1) is 0 Å². The Morgan fingerprint density at radius 1 is 1.44 bits per heavy atom. The molecule has 90 valence electrons. The molecule has 0 atom stereocenters. The summed E-state index contributed by atoms with van der Waals surface area (Å²) < 4.78 is 4.61. The van der Waals surface area contributed by atoms with Crippen molar-refractivity contribution in [2.45, 2.75) is 43.7 Å². The molecule has 5 nitrogen and oxygen atoms in total. The van der Waals surface area contributed by atoms with E-state index in [0.717, 1.165) is 0 Å². The largest absolute Gasteiger partial charge is 0.468 e. The maximum Gasteiger partial charge on any atom is 0.325 e. The summed E-state index contributed by atoms with van der Waals surface area (Å²) in [5.74, 6) is 0.280. The lowest BCUT2D eigenvalue weighted by atomic mass is 9.73. The van der Waals surface area contributed by atoms with Gasteiger partial charge < -0.3 is 15.8 Å². The Hall–Kier alpha value is -1.10. The zero-order valence-electron chi connectivity index (χ0n) is 9.49. The van der Waals surface area contributed by atoms with Crippen molar-refractivity contribution >= 4 is 11.9 Å². The number of nitrogens with one attached hydrogen (secondary N) is 1. The van der Waals surface area contributed by atoms with Crippen LogP contribution in [0.4, 0.5) is 0 Å². The van der Waals surface area contributed by atoms with Gasteiger partial charge in [0.25, 0.3) is 0 Å². The van der Waals surface area contributed by atoms with E-state index in [4.69, 9.17) is 5.73 Å². The molecule has 2 rings (SSSR count). The van der Waals surface area contributed by atoms with E-state index in [1.165, 1.54) is 20.0 Å². The van der Waals surface area contributed by atoms with Gasteiger partial charge in [0.15, 0.2) is 0 Å².